The third kappa shape index (κ3) is 3.53. The van der Waals surface area contributed by atoms with Gasteiger partial charge in [0.25, 0.3) is 5.91 Å². The molecule has 2 saturated heterocycles. The molecule has 0 aliphatic carbocycles. The van der Waals surface area contributed by atoms with Gasteiger partial charge in [0.1, 0.15) is 5.82 Å². The van der Waals surface area contributed by atoms with E-state index < -0.39 is 5.41 Å². The summed E-state index contributed by atoms with van der Waals surface area (Å²) in [6, 6.07) is 13.9. The summed E-state index contributed by atoms with van der Waals surface area (Å²) in [7, 11) is 0. The van der Waals surface area contributed by atoms with E-state index in [1.165, 1.54) is 12.1 Å². The SMILES string of the molecule is Cc1ccc(C(=O)N2CC[C@]3(CCCN(Cc4ccc(F)cc4)C3=O)C2)cc1. The zero-order valence-corrected chi connectivity index (χ0v) is 16.2. The van der Waals surface area contributed by atoms with Gasteiger partial charge in [-0.3, -0.25) is 9.59 Å². The highest BCUT2D eigenvalue weighted by atomic mass is 19.1. The molecule has 2 heterocycles. The third-order valence-corrected chi connectivity index (χ3v) is 6.05. The maximum atomic E-state index is 13.3. The molecule has 2 aliphatic rings. The van der Waals surface area contributed by atoms with E-state index >= 15 is 0 Å². The van der Waals surface area contributed by atoms with E-state index in [9.17, 15) is 14.0 Å². The standard InChI is InChI=1S/C23H25FN2O2/c1-17-3-7-19(8-4-17)21(27)26-14-12-23(16-26)11-2-13-25(22(23)28)15-18-5-9-20(24)10-6-18/h3-10H,2,11-16H2,1H3/t23-/m1/s1. The van der Waals surface area contributed by atoms with Gasteiger partial charge in [-0.05, 0) is 56.0 Å². The Morgan fingerprint density at radius 3 is 2.46 bits per heavy atom. The first-order chi connectivity index (χ1) is 13.5. The Morgan fingerprint density at radius 1 is 1.04 bits per heavy atom. The van der Waals surface area contributed by atoms with E-state index in [0.717, 1.165) is 24.0 Å². The van der Waals surface area contributed by atoms with Gasteiger partial charge in [0.15, 0.2) is 0 Å². The Labute approximate surface area is 164 Å². The Hall–Kier alpha value is -2.69. The zero-order valence-electron chi connectivity index (χ0n) is 16.2. The molecule has 2 aliphatic heterocycles. The predicted octanol–water partition coefficient (Wildman–Crippen LogP) is 3.79. The van der Waals surface area contributed by atoms with Gasteiger partial charge < -0.3 is 9.80 Å². The molecule has 146 valence electrons. The number of rotatable bonds is 3. The van der Waals surface area contributed by atoms with Gasteiger partial charge in [-0.2, -0.15) is 0 Å². The van der Waals surface area contributed by atoms with Crippen LogP contribution in [0.5, 0.6) is 0 Å². The molecule has 1 spiro atoms. The van der Waals surface area contributed by atoms with Crippen LogP contribution in [0.15, 0.2) is 48.5 Å². The van der Waals surface area contributed by atoms with Crippen LogP contribution < -0.4 is 0 Å². The van der Waals surface area contributed by atoms with Crippen LogP contribution in [0.4, 0.5) is 4.39 Å². The first-order valence-corrected chi connectivity index (χ1v) is 9.87. The lowest BCUT2D eigenvalue weighted by Crippen LogP contribution is -2.50. The van der Waals surface area contributed by atoms with Gasteiger partial charge in [0, 0.05) is 31.7 Å². The minimum atomic E-state index is -0.474. The van der Waals surface area contributed by atoms with Crippen molar-refractivity contribution in [1.29, 1.82) is 0 Å². The molecule has 1 atom stereocenters. The first-order valence-electron chi connectivity index (χ1n) is 9.87. The Bertz CT molecular complexity index is 878. The third-order valence-electron chi connectivity index (χ3n) is 6.05. The summed E-state index contributed by atoms with van der Waals surface area (Å²) in [5.74, 6) is -0.145. The number of carbonyl (C=O) groups excluding carboxylic acids is 2. The highest BCUT2D eigenvalue weighted by Gasteiger charge is 2.49. The topological polar surface area (TPSA) is 40.6 Å². The van der Waals surface area contributed by atoms with Gasteiger partial charge in [-0.15, -0.1) is 0 Å². The van der Waals surface area contributed by atoms with Crippen molar-refractivity contribution in [3.8, 4) is 0 Å². The second-order valence-corrected chi connectivity index (χ2v) is 8.08. The molecule has 5 heteroatoms. The van der Waals surface area contributed by atoms with Crippen LogP contribution in [0.3, 0.4) is 0 Å². The van der Waals surface area contributed by atoms with E-state index in [1.807, 2.05) is 41.0 Å². The fourth-order valence-corrected chi connectivity index (χ4v) is 4.42. The van der Waals surface area contributed by atoms with Crippen LogP contribution in [0.2, 0.25) is 0 Å². The van der Waals surface area contributed by atoms with Gasteiger partial charge in [-0.25, -0.2) is 4.39 Å². The van der Waals surface area contributed by atoms with Crippen molar-refractivity contribution in [1.82, 2.24) is 9.80 Å². The molecule has 28 heavy (non-hydrogen) atoms. The second-order valence-electron chi connectivity index (χ2n) is 8.08. The summed E-state index contributed by atoms with van der Waals surface area (Å²) in [4.78, 5) is 29.8. The fraction of sp³-hybridized carbons (Fsp3) is 0.391. The molecule has 2 fully saturated rings. The van der Waals surface area contributed by atoms with Gasteiger partial charge in [-0.1, -0.05) is 29.8 Å². The highest BCUT2D eigenvalue weighted by Crippen LogP contribution is 2.41. The van der Waals surface area contributed by atoms with Crippen LogP contribution in [0.25, 0.3) is 0 Å². The number of carbonyl (C=O) groups is 2. The van der Waals surface area contributed by atoms with Crippen molar-refractivity contribution >= 4 is 11.8 Å². The van der Waals surface area contributed by atoms with Crippen molar-refractivity contribution in [2.24, 2.45) is 5.41 Å². The molecule has 2 amide bonds. The summed E-state index contributed by atoms with van der Waals surface area (Å²) in [6.07, 6.45) is 2.46. The smallest absolute Gasteiger partial charge is 0.253 e. The van der Waals surface area contributed by atoms with Crippen LogP contribution in [-0.4, -0.2) is 41.2 Å². The van der Waals surface area contributed by atoms with E-state index in [2.05, 4.69) is 0 Å². The van der Waals surface area contributed by atoms with Gasteiger partial charge in [0.2, 0.25) is 5.91 Å². The zero-order chi connectivity index (χ0) is 19.7. The Morgan fingerprint density at radius 2 is 1.75 bits per heavy atom. The molecule has 2 aromatic rings. The average Bonchev–Trinajstić information content (AvgIpc) is 3.12. The molecule has 0 saturated carbocycles. The number of aryl methyl sites for hydroxylation is 1. The summed E-state index contributed by atoms with van der Waals surface area (Å²) in [5.41, 5.74) is 2.25. The maximum absolute atomic E-state index is 13.3. The number of halogens is 1. The summed E-state index contributed by atoms with van der Waals surface area (Å²) < 4.78 is 13.1. The lowest BCUT2D eigenvalue weighted by Gasteiger charge is -2.39. The number of piperidine rings is 1. The molecular weight excluding hydrogens is 355 g/mol. The van der Waals surface area contributed by atoms with Crippen molar-refractivity contribution < 1.29 is 14.0 Å². The monoisotopic (exact) mass is 380 g/mol. The van der Waals surface area contributed by atoms with Crippen molar-refractivity contribution in [3.05, 3.63) is 71.0 Å². The molecule has 0 bridgehead atoms. The molecule has 4 rings (SSSR count). The van der Waals surface area contributed by atoms with E-state index in [-0.39, 0.29) is 17.6 Å². The van der Waals surface area contributed by atoms with Crippen LogP contribution >= 0.6 is 0 Å². The summed E-state index contributed by atoms with van der Waals surface area (Å²) >= 11 is 0. The van der Waals surface area contributed by atoms with Crippen LogP contribution in [0, 0.1) is 18.2 Å². The molecule has 0 N–H and O–H groups in total. The molecule has 0 unspecified atom stereocenters. The van der Waals surface area contributed by atoms with E-state index in [0.29, 0.717) is 38.2 Å². The largest absolute Gasteiger partial charge is 0.338 e. The molecule has 4 nitrogen and oxygen atoms in total. The highest BCUT2D eigenvalue weighted by molar-refractivity contribution is 5.95. The lowest BCUT2D eigenvalue weighted by atomic mass is 9.78. The number of benzene rings is 2. The van der Waals surface area contributed by atoms with Gasteiger partial charge in [0.05, 0.1) is 5.41 Å². The summed E-state index contributed by atoms with van der Waals surface area (Å²) in [6.45, 7) is 4.30. The minimum absolute atomic E-state index is 0.000308. The number of amides is 2. The van der Waals surface area contributed by atoms with Crippen molar-refractivity contribution in [2.45, 2.75) is 32.7 Å². The quantitative estimate of drug-likeness (QED) is 0.813. The number of hydrogen-bond acceptors (Lipinski definition) is 2. The normalized spacial score (nSPS) is 22.1. The number of likely N-dealkylation sites (tertiary alicyclic amines) is 2. The predicted molar refractivity (Wildman–Crippen MR) is 105 cm³/mol. The van der Waals surface area contributed by atoms with E-state index in [4.69, 9.17) is 0 Å². The van der Waals surface area contributed by atoms with Crippen molar-refractivity contribution in [3.63, 3.8) is 0 Å². The minimum Gasteiger partial charge on any atom is -0.338 e. The second kappa shape index (κ2) is 7.38. The van der Waals surface area contributed by atoms with Crippen molar-refractivity contribution in [2.75, 3.05) is 19.6 Å². The van der Waals surface area contributed by atoms with Crippen LogP contribution in [-0.2, 0) is 11.3 Å². The molecule has 0 radical (unpaired) electrons. The summed E-state index contributed by atoms with van der Waals surface area (Å²) in [5, 5.41) is 0. The van der Waals surface area contributed by atoms with Crippen LogP contribution in [0.1, 0.15) is 40.7 Å². The molecular formula is C23H25FN2O2. The van der Waals surface area contributed by atoms with Gasteiger partial charge >= 0.3 is 0 Å². The fourth-order valence-electron chi connectivity index (χ4n) is 4.42. The Kier molecular flexibility index (Phi) is 4.92. The van der Waals surface area contributed by atoms with E-state index in [1.54, 1.807) is 12.1 Å². The lowest BCUT2D eigenvalue weighted by molar-refractivity contribution is -0.146. The number of nitrogens with zero attached hydrogens (tertiary/aromatic N) is 2. The Balaban J connectivity index is 1.47. The maximum Gasteiger partial charge on any atom is 0.253 e. The molecule has 2 aromatic carbocycles. The first kappa shape index (κ1) is 18.7. The number of hydrogen-bond donors (Lipinski definition) is 0. The molecule has 0 aromatic heterocycles. The average molecular weight is 380 g/mol.